The first-order valence-electron chi connectivity index (χ1n) is 4.16. The summed E-state index contributed by atoms with van der Waals surface area (Å²) in [5, 5.41) is 12.9. The molecule has 1 aliphatic carbocycles. The molecule has 0 aromatic carbocycles. The third-order valence-corrected chi connectivity index (χ3v) is 2.76. The average Bonchev–Trinajstić information content (AvgIpc) is 2.29. The third kappa shape index (κ3) is 1.31. The first-order chi connectivity index (χ1) is 6.20. The summed E-state index contributed by atoms with van der Waals surface area (Å²) in [4.78, 5) is 10.6. The van der Waals surface area contributed by atoms with Gasteiger partial charge < -0.3 is 5.11 Å². The van der Waals surface area contributed by atoms with Crippen LogP contribution in [0.5, 0.6) is 0 Å². The van der Waals surface area contributed by atoms with E-state index >= 15 is 0 Å². The lowest BCUT2D eigenvalue weighted by atomic mass is 9.93. The average molecular weight is 201 g/mol. The Hall–Kier alpha value is -1.03. The fourth-order valence-corrected chi connectivity index (χ4v) is 1.69. The summed E-state index contributed by atoms with van der Waals surface area (Å²) < 4.78 is 1.61. The number of carboxylic acids is 1. The zero-order valence-electron chi connectivity index (χ0n) is 6.90. The van der Waals surface area contributed by atoms with Crippen molar-refractivity contribution in [3.63, 3.8) is 0 Å². The van der Waals surface area contributed by atoms with Crippen LogP contribution in [-0.2, 0) is 0 Å². The molecular weight excluding hydrogens is 192 g/mol. The minimum absolute atomic E-state index is 0.0913. The predicted molar refractivity (Wildman–Crippen MR) is 47.1 cm³/mol. The van der Waals surface area contributed by atoms with Crippen LogP contribution in [0.1, 0.15) is 35.7 Å². The summed E-state index contributed by atoms with van der Waals surface area (Å²) >= 11 is 5.85. The van der Waals surface area contributed by atoms with E-state index < -0.39 is 5.97 Å². The highest BCUT2D eigenvalue weighted by Crippen LogP contribution is 2.34. The van der Waals surface area contributed by atoms with Crippen molar-refractivity contribution in [3.8, 4) is 0 Å². The molecule has 1 saturated carbocycles. The zero-order chi connectivity index (χ0) is 9.42. The van der Waals surface area contributed by atoms with Crippen molar-refractivity contribution in [1.29, 1.82) is 0 Å². The normalized spacial score (nSPS) is 17.0. The molecule has 1 aromatic rings. The molecule has 0 spiro atoms. The van der Waals surface area contributed by atoms with E-state index in [1.807, 2.05) is 0 Å². The maximum absolute atomic E-state index is 10.6. The Morgan fingerprint density at radius 2 is 2.38 bits per heavy atom. The predicted octanol–water partition coefficient (Wildman–Crippen LogP) is 1.96. The largest absolute Gasteiger partial charge is 0.478 e. The van der Waals surface area contributed by atoms with Crippen molar-refractivity contribution in [3.05, 3.63) is 16.9 Å². The van der Waals surface area contributed by atoms with Gasteiger partial charge >= 0.3 is 5.97 Å². The SMILES string of the molecule is O=C(O)c1cnn(C2CCC2)c1Cl. The molecule has 0 unspecified atom stereocenters. The van der Waals surface area contributed by atoms with Crippen LogP contribution in [0.2, 0.25) is 5.15 Å². The van der Waals surface area contributed by atoms with Crippen LogP contribution in [0.4, 0.5) is 0 Å². The van der Waals surface area contributed by atoms with Gasteiger partial charge in [0.2, 0.25) is 0 Å². The number of aromatic carboxylic acids is 1. The second-order valence-electron chi connectivity index (χ2n) is 3.18. The Labute approximate surface area is 80.1 Å². The Balaban J connectivity index is 2.32. The second-order valence-corrected chi connectivity index (χ2v) is 3.54. The minimum atomic E-state index is -1.02. The Morgan fingerprint density at radius 3 is 2.77 bits per heavy atom. The van der Waals surface area contributed by atoms with Crippen LogP contribution in [0, 0.1) is 0 Å². The Morgan fingerprint density at radius 1 is 1.69 bits per heavy atom. The summed E-state index contributed by atoms with van der Waals surface area (Å²) in [5.74, 6) is -1.02. The van der Waals surface area contributed by atoms with E-state index in [2.05, 4.69) is 5.10 Å². The lowest BCUT2D eigenvalue weighted by Gasteiger charge is -2.26. The monoisotopic (exact) mass is 200 g/mol. The molecule has 1 aromatic heterocycles. The van der Waals surface area contributed by atoms with E-state index in [-0.39, 0.29) is 10.7 Å². The van der Waals surface area contributed by atoms with E-state index in [4.69, 9.17) is 16.7 Å². The van der Waals surface area contributed by atoms with Gasteiger partial charge in [-0.3, -0.25) is 4.68 Å². The first-order valence-corrected chi connectivity index (χ1v) is 4.54. The van der Waals surface area contributed by atoms with Crippen molar-refractivity contribution in [2.45, 2.75) is 25.3 Å². The van der Waals surface area contributed by atoms with Crippen LogP contribution in [0.15, 0.2) is 6.20 Å². The molecule has 1 N–H and O–H groups in total. The lowest BCUT2D eigenvalue weighted by molar-refractivity contribution is 0.0697. The topological polar surface area (TPSA) is 55.1 Å². The van der Waals surface area contributed by atoms with Crippen molar-refractivity contribution < 1.29 is 9.90 Å². The highest BCUT2D eigenvalue weighted by molar-refractivity contribution is 6.32. The summed E-state index contributed by atoms with van der Waals surface area (Å²) in [6.07, 6.45) is 4.56. The highest BCUT2D eigenvalue weighted by atomic mass is 35.5. The fraction of sp³-hybridized carbons (Fsp3) is 0.500. The summed E-state index contributed by atoms with van der Waals surface area (Å²) in [5.41, 5.74) is 0.0913. The van der Waals surface area contributed by atoms with E-state index in [1.54, 1.807) is 4.68 Å². The Bertz CT molecular complexity index is 344. The maximum atomic E-state index is 10.6. The molecule has 1 aliphatic rings. The number of hydrogen-bond donors (Lipinski definition) is 1. The van der Waals surface area contributed by atoms with E-state index in [0.29, 0.717) is 6.04 Å². The highest BCUT2D eigenvalue weighted by Gasteiger charge is 2.25. The van der Waals surface area contributed by atoms with Crippen LogP contribution in [0.25, 0.3) is 0 Å². The van der Waals surface area contributed by atoms with Gasteiger partial charge in [-0.05, 0) is 19.3 Å². The van der Waals surface area contributed by atoms with Crippen LogP contribution < -0.4 is 0 Å². The molecule has 1 fully saturated rings. The van der Waals surface area contributed by atoms with Gasteiger partial charge in [0.15, 0.2) is 0 Å². The molecule has 2 rings (SSSR count). The quantitative estimate of drug-likeness (QED) is 0.794. The van der Waals surface area contributed by atoms with Gasteiger partial charge in [-0.15, -0.1) is 0 Å². The number of carboxylic acid groups (broad SMARTS) is 1. The molecule has 13 heavy (non-hydrogen) atoms. The summed E-state index contributed by atoms with van der Waals surface area (Å²) in [6.45, 7) is 0. The second kappa shape index (κ2) is 3.03. The van der Waals surface area contributed by atoms with Gasteiger partial charge in [-0.1, -0.05) is 11.6 Å². The maximum Gasteiger partial charge on any atom is 0.340 e. The molecule has 0 aliphatic heterocycles. The first kappa shape index (κ1) is 8.56. The molecule has 4 nitrogen and oxygen atoms in total. The minimum Gasteiger partial charge on any atom is -0.478 e. The third-order valence-electron chi connectivity index (χ3n) is 2.39. The number of rotatable bonds is 2. The van der Waals surface area contributed by atoms with Gasteiger partial charge in [0.1, 0.15) is 10.7 Å². The molecular formula is C8H9ClN2O2. The summed E-state index contributed by atoms with van der Waals surface area (Å²) in [7, 11) is 0. The Kier molecular flexibility index (Phi) is 2.00. The fourth-order valence-electron chi connectivity index (χ4n) is 1.38. The lowest BCUT2D eigenvalue weighted by Crippen LogP contribution is -2.18. The van der Waals surface area contributed by atoms with Gasteiger partial charge in [0.25, 0.3) is 0 Å². The molecule has 0 amide bonds. The van der Waals surface area contributed by atoms with Crippen molar-refractivity contribution in [2.24, 2.45) is 0 Å². The zero-order valence-corrected chi connectivity index (χ0v) is 7.66. The van der Waals surface area contributed by atoms with Gasteiger partial charge in [0, 0.05) is 0 Å². The van der Waals surface area contributed by atoms with Crippen molar-refractivity contribution in [1.82, 2.24) is 9.78 Å². The van der Waals surface area contributed by atoms with Crippen molar-refractivity contribution >= 4 is 17.6 Å². The van der Waals surface area contributed by atoms with Crippen LogP contribution in [0.3, 0.4) is 0 Å². The molecule has 0 atom stereocenters. The number of nitrogens with zero attached hydrogens (tertiary/aromatic N) is 2. The number of aromatic nitrogens is 2. The summed E-state index contributed by atoms with van der Waals surface area (Å²) in [6, 6.07) is 0.306. The van der Waals surface area contributed by atoms with Gasteiger partial charge in [-0.2, -0.15) is 5.10 Å². The molecule has 5 heteroatoms. The van der Waals surface area contributed by atoms with Crippen LogP contribution in [-0.4, -0.2) is 20.9 Å². The molecule has 1 heterocycles. The van der Waals surface area contributed by atoms with E-state index in [1.165, 1.54) is 12.6 Å². The molecule has 0 radical (unpaired) electrons. The molecule has 0 bridgehead atoms. The van der Waals surface area contributed by atoms with Crippen molar-refractivity contribution in [2.75, 3.05) is 0 Å². The standard InChI is InChI=1S/C8H9ClN2O2/c9-7-6(8(12)13)4-10-11(7)5-2-1-3-5/h4-5H,1-3H2,(H,12,13). The smallest absolute Gasteiger partial charge is 0.340 e. The number of carbonyl (C=O) groups is 1. The van der Waals surface area contributed by atoms with Gasteiger partial charge in [-0.25, -0.2) is 4.79 Å². The molecule has 0 saturated heterocycles. The number of halogens is 1. The van der Waals surface area contributed by atoms with E-state index in [9.17, 15) is 4.79 Å². The molecule has 70 valence electrons. The number of hydrogen-bond acceptors (Lipinski definition) is 2. The van der Waals surface area contributed by atoms with Crippen LogP contribution >= 0.6 is 11.6 Å². The van der Waals surface area contributed by atoms with Gasteiger partial charge in [0.05, 0.1) is 12.2 Å². The van der Waals surface area contributed by atoms with E-state index in [0.717, 1.165) is 12.8 Å².